The molecule has 1 heterocycles. The Hall–Kier alpha value is -1.97. The number of carbonyl (C=O) groups excluding carboxylic acids is 1. The Bertz CT molecular complexity index is 462. The summed E-state index contributed by atoms with van der Waals surface area (Å²) in [6.45, 7) is 2.07. The van der Waals surface area contributed by atoms with Crippen LogP contribution in [0.15, 0.2) is 36.7 Å². The molecule has 15 heavy (non-hydrogen) atoms. The van der Waals surface area contributed by atoms with E-state index in [0.717, 1.165) is 5.56 Å². The molecule has 2 rings (SSSR count). The van der Waals surface area contributed by atoms with E-state index in [1.165, 1.54) is 13.3 Å². The van der Waals surface area contributed by atoms with Gasteiger partial charge in [0.1, 0.15) is 6.33 Å². The van der Waals surface area contributed by atoms with Crippen LogP contribution in [0.25, 0.3) is 0 Å². The van der Waals surface area contributed by atoms with E-state index in [9.17, 15) is 4.79 Å². The van der Waals surface area contributed by atoms with Crippen LogP contribution in [0.4, 0.5) is 0 Å². The van der Waals surface area contributed by atoms with Gasteiger partial charge in [-0.3, -0.25) is 4.79 Å². The zero-order valence-corrected chi connectivity index (χ0v) is 8.42. The van der Waals surface area contributed by atoms with E-state index in [4.69, 9.17) is 0 Å². The van der Waals surface area contributed by atoms with Gasteiger partial charge in [0.2, 0.25) is 0 Å². The van der Waals surface area contributed by atoms with Gasteiger partial charge in [-0.2, -0.15) is 5.10 Å². The summed E-state index contributed by atoms with van der Waals surface area (Å²) in [5, 5.41) is 4.02. The van der Waals surface area contributed by atoms with E-state index >= 15 is 0 Å². The van der Waals surface area contributed by atoms with Crippen molar-refractivity contribution in [3.8, 4) is 0 Å². The van der Waals surface area contributed by atoms with Gasteiger partial charge >= 0.3 is 0 Å². The lowest BCUT2D eigenvalue weighted by molar-refractivity contribution is 0.0998. The van der Waals surface area contributed by atoms with E-state index in [1.54, 1.807) is 4.68 Å². The summed E-state index contributed by atoms with van der Waals surface area (Å²) >= 11 is 0. The van der Waals surface area contributed by atoms with Gasteiger partial charge in [0.15, 0.2) is 11.6 Å². The minimum atomic E-state index is -0.0663. The Morgan fingerprint density at radius 1 is 1.33 bits per heavy atom. The molecule has 0 bridgehead atoms. The lowest BCUT2D eigenvalue weighted by Gasteiger charge is -2.03. The molecule has 0 aliphatic carbocycles. The van der Waals surface area contributed by atoms with Crippen molar-refractivity contribution >= 4 is 5.78 Å². The van der Waals surface area contributed by atoms with Crippen molar-refractivity contribution in [2.75, 3.05) is 0 Å². The zero-order valence-electron chi connectivity index (χ0n) is 8.42. The Balaban J connectivity index is 2.25. The van der Waals surface area contributed by atoms with E-state index in [2.05, 4.69) is 10.1 Å². The number of benzene rings is 1. The predicted molar refractivity (Wildman–Crippen MR) is 55.6 cm³/mol. The van der Waals surface area contributed by atoms with Gasteiger partial charge in [-0.1, -0.05) is 30.3 Å². The molecule has 1 aromatic carbocycles. The number of hydrogen-bond acceptors (Lipinski definition) is 3. The van der Waals surface area contributed by atoms with Crippen LogP contribution in [0, 0.1) is 0 Å². The number of nitrogens with zero attached hydrogens (tertiary/aromatic N) is 3. The normalized spacial score (nSPS) is 10.2. The second-order valence-electron chi connectivity index (χ2n) is 3.28. The molecule has 4 nitrogen and oxygen atoms in total. The highest BCUT2D eigenvalue weighted by molar-refractivity contribution is 5.90. The topological polar surface area (TPSA) is 47.8 Å². The summed E-state index contributed by atoms with van der Waals surface area (Å²) in [4.78, 5) is 15.1. The van der Waals surface area contributed by atoms with Crippen molar-refractivity contribution in [1.82, 2.24) is 14.8 Å². The maximum absolute atomic E-state index is 11.2. The third-order valence-corrected chi connectivity index (χ3v) is 2.11. The van der Waals surface area contributed by atoms with Crippen LogP contribution in [0.1, 0.15) is 23.1 Å². The van der Waals surface area contributed by atoms with Crippen molar-refractivity contribution < 1.29 is 4.79 Å². The van der Waals surface area contributed by atoms with Gasteiger partial charge in [-0.15, -0.1) is 0 Å². The fraction of sp³-hybridized carbons (Fsp3) is 0.182. The molecule has 0 aliphatic rings. The first-order valence-electron chi connectivity index (χ1n) is 4.70. The summed E-state index contributed by atoms with van der Waals surface area (Å²) in [6.07, 6.45) is 1.40. The molecule has 0 N–H and O–H groups in total. The maximum Gasteiger partial charge on any atom is 0.196 e. The average Bonchev–Trinajstić information content (AvgIpc) is 2.67. The van der Waals surface area contributed by atoms with Gasteiger partial charge in [0, 0.05) is 6.92 Å². The fourth-order valence-corrected chi connectivity index (χ4v) is 1.41. The van der Waals surface area contributed by atoms with Crippen molar-refractivity contribution in [1.29, 1.82) is 0 Å². The summed E-state index contributed by atoms with van der Waals surface area (Å²) in [5.41, 5.74) is 1.10. The van der Waals surface area contributed by atoms with E-state index in [1.807, 2.05) is 30.3 Å². The van der Waals surface area contributed by atoms with Crippen LogP contribution in [-0.4, -0.2) is 20.5 Å². The number of hydrogen-bond donors (Lipinski definition) is 0. The van der Waals surface area contributed by atoms with Crippen LogP contribution in [0.5, 0.6) is 0 Å². The van der Waals surface area contributed by atoms with Crippen molar-refractivity contribution in [2.45, 2.75) is 13.5 Å². The number of Topliss-reactive ketones (excluding diaryl/α,β-unsaturated/α-hetero) is 1. The minimum Gasteiger partial charge on any atom is -0.291 e. The zero-order chi connectivity index (χ0) is 10.7. The molecule has 0 aliphatic heterocycles. The van der Waals surface area contributed by atoms with Crippen molar-refractivity contribution in [2.24, 2.45) is 0 Å². The summed E-state index contributed by atoms with van der Waals surface area (Å²) < 4.78 is 1.61. The smallest absolute Gasteiger partial charge is 0.196 e. The number of aromatic nitrogens is 3. The van der Waals surface area contributed by atoms with E-state index in [-0.39, 0.29) is 5.78 Å². The Morgan fingerprint density at radius 2 is 2.07 bits per heavy atom. The molecule has 76 valence electrons. The SMILES string of the molecule is CC(=O)c1ncnn1Cc1ccccc1. The number of carbonyl (C=O) groups is 1. The molecule has 0 saturated heterocycles. The van der Waals surface area contributed by atoms with Gasteiger partial charge in [0.25, 0.3) is 0 Å². The molecule has 0 spiro atoms. The first-order valence-corrected chi connectivity index (χ1v) is 4.70. The molecule has 1 aromatic heterocycles. The highest BCUT2D eigenvalue weighted by Gasteiger charge is 2.08. The quantitative estimate of drug-likeness (QED) is 0.707. The third-order valence-electron chi connectivity index (χ3n) is 2.11. The van der Waals surface area contributed by atoms with Crippen LogP contribution in [-0.2, 0) is 6.54 Å². The lowest BCUT2D eigenvalue weighted by atomic mass is 10.2. The molecule has 4 heteroatoms. The Labute approximate surface area is 87.6 Å². The molecular formula is C11H11N3O. The van der Waals surface area contributed by atoms with Crippen LogP contribution in [0.3, 0.4) is 0 Å². The van der Waals surface area contributed by atoms with Gasteiger partial charge in [-0.25, -0.2) is 9.67 Å². The minimum absolute atomic E-state index is 0.0663. The predicted octanol–water partition coefficient (Wildman–Crippen LogP) is 1.53. The first-order chi connectivity index (χ1) is 7.27. The molecule has 0 atom stereocenters. The molecule has 0 amide bonds. The third kappa shape index (κ3) is 2.10. The summed E-state index contributed by atoms with van der Waals surface area (Å²) in [5.74, 6) is 0.335. The van der Waals surface area contributed by atoms with E-state index < -0.39 is 0 Å². The largest absolute Gasteiger partial charge is 0.291 e. The second-order valence-corrected chi connectivity index (χ2v) is 3.28. The highest BCUT2D eigenvalue weighted by Crippen LogP contribution is 2.03. The highest BCUT2D eigenvalue weighted by atomic mass is 16.1. The molecule has 0 radical (unpaired) electrons. The van der Waals surface area contributed by atoms with Gasteiger partial charge in [-0.05, 0) is 5.56 Å². The van der Waals surface area contributed by atoms with Crippen LogP contribution >= 0.6 is 0 Å². The van der Waals surface area contributed by atoms with Gasteiger partial charge < -0.3 is 0 Å². The molecule has 2 aromatic rings. The van der Waals surface area contributed by atoms with Crippen molar-refractivity contribution in [3.63, 3.8) is 0 Å². The Morgan fingerprint density at radius 3 is 2.73 bits per heavy atom. The van der Waals surface area contributed by atoms with Crippen molar-refractivity contribution in [3.05, 3.63) is 48.0 Å². The van der Waals surface area contributed by atoms with Crippen LogP contribution < -0.4 is 0 Å². The first kappa shape index (κ1) is 9.58. The van der Waals surface area contributed by atoms with Gasteiger partial charge in [0.05, 0.1) is 6.54 Å². The second kappa shape index (κ2) is 4.04. The standard InChI is InChI=1S/C11H11N3O/c1-9(15)11-12-8-13-14(11)7-10-5-3-2-4-6-10/h2-6,8H,7H2,1H3. The fourth-order valence-electron chi connectivity index (χ4n) is 1.41. The summed E-state index contributed by atoms with van der Waals surface area (Å²) in [7, 11) is 0. The molecular weight excluding hydrogens is 190 g/mol. The maximum atomic E-state index is 11.2. The summed E-state index contributed by atoms with van der Waals surface area (Å²) in [6, 6.07) is 9.85. The average molecular weight is 201 g/mol. The number of rotatable bonds is 3. The monoisotopic (exact) mass is 201 g/mol. The lowest BCUT2D eigenvalue weighted by Crippen LogP contribution is -2.10. The molecule has 0 saturated carbocycles. The molecule has 0 unspecified atom stereocenters. The Kier molecular flexibility index (Phi) is 2.58. The van der Waals surface area contributed by atoms with Crippen LogP contribution in [0.2, 0.25) is 0 Å². The number of ketones is 1. The molecule has 0 fully saturated rings. The van der Waals surface area contributed by atoms with E-state index in [0.29, 0.717) is 12.4 Å².